The zero-order valence-electron chi connectivity index (χ0n) is 9.35. The first kappa shape index (κ1) is 11.3. The molecule has 5 nitrogen and oxygen atoms in total. The Morgan fingerprint density at radius 1 is 1.62 bits per heavy atom. The zero-order chi connectivity index (χ0) is 11.5. The number of amides is 1. The van der Waals surface area contributed by atoms with Gasteiger partial charge in [0.15, 0.2) is 0 Å². The van der Waals surface area contributed by atoms with Gasteiger partial charge in [0.1, 0.15) is 0 Å². The first-order chi connectivity index (χ1) is 7.70. The van der Waals surface area contributed by atoms with Crippen molar-refractivity contribution in [2.75, 3.05) is 18.8 Å². The zero-order valence-corrected chi connectivity index (χ0v) is 10.2. The maximum atomic E-state index is 12.0. The normalized spacial score (nSPS) is 20.3. The summed E-state index contributed by atoms with van der Waals surface area (Å²) in [5, 5.41) is 8.21. The molecule has 1 unspecified atom stereocenters. The number of carbonyl (C=O) groups excluding carboxylic acids is 1. The number of nitrogens with two attached hydrogens (primary N) is 1. The van der Waals surface area contributed by atoms with Crippen LogP contribution in [0.2, 0.25) is 0 Å². The van der Waals surface area contributed by atoms with Gasteiger partial charge in [0, 0.05) is 13.1 Å². The Kier molecular flexibility index (Phi) is 3.38. The van der Waals surface area contributed by atoms with E-state index in [4.69, 9.17) is 5.73 Å². The van der Waals surface area contributed by atoms with Gasteiger partial charge in [-0.25, -0.2) is 0 Å². The van der Waals surface area contributed by atoms with Gasteiger partial charge in [-0.2, -0.15) is 0 Å². The summed E-state index contributed by atoms with van der Waals surface area (Å²) in [6.07, 6.45) is 3.48. The first-order valence-electron chi connectivity index (χ1n) is 5.59. The van der Waals surface area contributed by atoms with E-state index in [9.17, 15) is 4.79 Å². The molecular weight excluding hydrogens is 224 g/mol. The van der Waals surface area contributed by atoms with E-state index < -0.39 is 0 Å². The van der Waals surface area contributed by atoms with E-state index in [1.807, 2.05) is 4.90 Å². The fourth-order valence-electron chi connectivity index (χ4n) is 2.12. The topological polar surface area (TPSA) is 72.1 Å². The molecule has 88 valence electrons. The Morgan fingerprint density at radius 2 is 2.44 bits per heavy atom. The Balaban J connectivity index is 1.97. The van der Waals surface area contributed by atoms with Crippen molar-refractivity contribution in [2.45, 2.75) is 26.2 Å². The fourth-order valence-corrected chi connectivity index (χ4v) is 2.70. The number of hydrogen-bond acceptors (Lipinski definition) is 5. The average Bonchev–Trinajstić information content (AvgIpc) is 2.87. The predicted octanol–water partition coefficient (Wildman–Crippen LogP) is 1.38. The van der Waals surface area contributed by atoms with Gasteiger partial charge in [-0.15, -0.1) is 10.2 Å². The molecule has 2 N–H and O–H groups in total. The minimum absolute atomic E-state index is 0.0206. The van der Waals surface area contributed by atoms with Crippen LogP contribution in [0.15, 0.2) is 0 Å². The van der Waals surface area contributed by atoms with Crippen LogP contribution in [0.4, 0.5) is 5.13 Å². The van der Waals surface area contributed by atoms with Crippen molar-refractivity contribution in [3.8, 4) is 0 Å². The number of likely N-dealkylation sites (tertiary alicyclic amines) is 1. The lowest BCUT2D eigenvalue weighted by atomic mass is 10.0. The minimum Gasteiger partial charge on any atom is -0.374 e. The van der Waals surface area contributed by atoms with Crippen LogP contribution in [0.3, 0.4) is 0 Å². The Labute approximate surface area is 98.7 Å². The van der Waals surface area contributed by atoms with Crippen molar-refractivity contribution in [2.24, 2.45) is 5.92 Å². The summed E-state index contributed by atoms with van der Waals surface area (Å²) in [6, 6.07) is 0. The predicted molar refractivity (Wildman–Crippen MR) is 63.2 cm³/mol. The molecule has 16 heavy (non-hydrogen) atoms. The Morgan fingerprint density at radius 3 is 3.06 bits per heavy atom. The molecule has 0 bridgehead atoms. The van der Waals surface area contributed by atoms with Gasteiger partial charge in [0.2, 0.25) is 10.1 Å². The van der Waals surface area contributed by atoms with Crippen LogP contribution in [0.5, 0.6) is 0 Å². The summed E-state index contributed by atoms with van der Waals surface area (Å²) in [7, 11) is 0. The second kappa shape index (κ2) is 4.78. The lowest BCUT2D eigenvalue weighted by Crippen LogP contribution is -2.28. The number of carbonyl (C=O) groups is 1. The van der Waals surface area contributed by atoms with Gasteiger partial charge in [0.05, 0.1) is 0 Å². The second-order valence-electron chi connectivity index (χ2n) is 4.14. The molecule has 1 aromatic heterocycles. The van der Waals surface area contributed by atoms with Crippen LogP contribution >= 0.6 is 11.3 Å². The maximum Gasteiger partial charge on any atom is 0.284 e. The van der Waals surface area contributed by atoms with Crippen molar-refractivity contribution in [1.29, 1.82) is 0 Å². The van der Waals surface area contributed by atoms with Gasteiger partial charge in [-0.1, -0.05) is 24.7 Å². The highest BCUT2D eigenvalue weighted by Crippen LogP contribution is 2.23. The second-order valence-corrected chi connectivity index (χ2v) is 5.15. The Bertz CT molecular complexity index is 379. The van der Waals surface area contributed by atoms with Crippen molar-refractivity contribution in [1.82, 2.24) is 15.1 Å². The van der Waals surface area contributed by atoms with Crippen LogP contribution < -0.4 is 5.73 Å². The SMILES string of the molecule is CCCC1CCN(C(=O)c2nnc(N)s2)C1. The molecular formula is C10H16N4OS. The number of nitrogens with zero attached hydrogens (tertiary/aromatic N) is 3. The lowest BCUT2D eigenvalue weighted by molar-refractivity contribution is 0.0785. The molecule has 2 rings (SSSR count). The minimum atomic E-state index is -0.0206. The fraction of sp³-hybridized carbons (Fsp3) is 0.700. The highest BCUT2D eigenvalue weighted by Gasteiger charge is 2.28. The third-order valence-corrected chi connectivity index (χ3v) is 3.63. The quantitative estimate of drug-likeness (QED) is 0.866. The molecule has 1 atom stereocenters. The van der Waals surface area contributed by atoms with E-state index in [1.54, 1.807) is 0 Å². The molecule has 0 aliphatic carbocycles. The number of nitrogen functional groups attached to an aromatic ring is 1. The maximum absolute atomic E-state index is 12.0. The van der Waals surface area contributed by atoms with E-state index in [0.29, 0.717) is 16.1 Å². The van der Waals surface area contributed by atoms with E-state index in [2.05, 4.69) is 17.1 Å². The van der Waals surface area contributed by atoms with Crippen LogP contribution in [0.1, 0.15) is 36.0 Å². The monoisotopic (exact) mass is 240 g/mol. The largest absolute Gasteiger partial charge is 0.374 e. The molecule has 1 aromatic rings. The average molecular weight is 240 g/mol. The lowest BCUT2D eigenvalue weighted by Gasteiger charge is -2.14. The molecule has 1 aliphatic heterocycles. The molecule has 2 heterocycles. The van der Waals surface area contributed by atoms with Gasteiger partial charge in [0.25, 0.3) is 5.91 Å². The number of rotatable bonds is 3. The van der Waals surface area contributed by atoms with Crippen molar-refractivity contribution < 1.29 is 4.79 Å². The van der Waals surface area contributed by atoms with Crippen LogP contribution in [0, 0.1) is 5.92 Å². The molecule has 6 heteroatoms. The standard InChI is InChI=1S/C10H16N4OS/c1-2-3-7-4-5-14(6-7)9(15)8-12-13-10(11)16-8/h7H,2-6H2,1H3,(H2,11,13). The van der Waals surface area contributed by atoms with E-state index in [-0.39, 0.29) is 5.91 Å². The van der Waals surface area contributed by atoms with E-state index >= 15 is 0 Å². The highest BCUT2D eigenvalue weighted by molar-refractivity contribution is 7.16. The van der Waals surface area contributed by atoms with Crippen molar-refractivity contribution in [3.05, 3.63) is 5.01 Å². The molecule has 0 aromatic carbocycles. The van der Waals surface area contributed by atoms with E-state index in [0.717, 1.165) is 30.8 Å². The third-order valence-electron chi connectivity index (χ3n) is 2.89. The summed E-state index contributed by atoms with van der Waals surface area (Å²) in [4.78, 5) is 13.8. The van der Waals surface area contributed by atoms with Crippen molar-refractivity contribution in [3.63, 3.8) is 0 Å². The number of hydrogen-bond donors (Lipinski definition) is 1. The van der Waals surface area contributed by atoms with Crippen LogP contribution in [0.25, 0.3) is 0 Å². The van der Waals surface area contributed by atoms with Gasteiger partial charge < -0.3 is 10.6 Å². The highest BCUT2D eigenvalue weighted by atomic mass is 32.1. The van der Waals surface area contributed by atoms with Crippen LogP contribution in [-0.2, 0) is 0 Å². The molecule has 0 saturated carbocycles. The smallest absolute Gasteiger partial charge is 0.284 e. The number of aromatic nitrogens is 2. The first-order valence-corrected chi connectivity index (χ1v) is 6.40. The third kappa shape index (κ3) is 2.32. The molecule has 1 saturated heterocycles. The summed E-state index contributed by atoms with van der Waals surface area (Å²) in [5.41, 5.74) is 5.46. The summed E-state index contributed by atoms with van der Waals surface area (Å²) in [5.74, 6) is 0.632. The molecule has 0 spiro atoms. The molecule has 1 aliphatic rings. The van der Waals surface area contributed by atoms with Crippen molar-refractivity contribution >= 4 is 22.4 Å². The van der Waals surface area contributed by atoms with Gasteiger partial charge in [-0.3, -0.25) is 4.79 Å². The van der Waals surface area contributed by atoms with Crippen LogP contribution in [-0.4, -0.2) is 34.1 Å². The summed E-state index contributed by atoms with van der Waals surface area (Å²) in [6.45, 7) is 3.87. The Hall–Kier alpha value is -1.17. The molecule has 0 radical (unpaired) electrons. The number of anilines is 1. The summed E-state index contributed by atoms with van der Waals surface area (Å²) < 4.78 is 0. The van der Waals surface area contributed by atoms with Gasteiger partial charge >= 0.3 is 0 Å². The molecule has 1 amide bonds. The van der Waals surface area contributed by atoms with Gasteiger partial charge in [-0.05, 0) is 18.8 Å². The van der Waals surface area contributed by atoms with E-state index in [1.165, 1.54) is 12.8 Å². The summed E-state index contributed by atoms with van der Waals surface area (Å²) >= 11 is 1.16. The molecule has 1 fully saturated rings.